The van der Waals surface area contributed by atoms with E-state index in [0.29, 0.717) is 0 Å². The number of hydrogen-bond acceptors (Lipinski definition) is 6. The Labute approximate surface area is 150 Å². The minimum absolute atomic E-state index is 0. The molecule has 0 saturated heterocycles. The zero-order chi connectivity index (χ0) is 18.1. The molecule has 0 aliphatic rings. The largest absolute Gasteiger partial charge is 3.00 e. The third kappa shape index (κ3) is 34.1. The van der Waals surface area contributed by atoms with Gasteiger partial charge in [0, 0.05) is 5.97 Å². The van der Waals surface area contributed by atoms with Crippen LogP contribution in [-0.2, 0) is 14.2 Å². The number of aliphatic carboxylic acids is 2. The summed E-state index contributed by atoms with van der Waals surface area (Å²) < 4.78 is 8.52. The first-order chi connectivity index (χ1) is 10.1. The van der Waals surface area contributed by atoms with Crippen molar-refractivity contribution >= 4 is 37.6 Å². The molecule has 0 aliphatic heterocycles. The molecule has 7 nitrogen and oxygen atoms in total. The van der Waals surface area contributed by atoms with E-state index < -0.39 is 20.2 Å². The monoisotopic (exact) mass is 366 g/mol. The summed E-state index contributed by atoms with van der Waals surface area (Å²) in [5.74, 6) is -2.04. The smallest absolute Gasteiger partial charge is 0.813 e. The molecule has 0 spiro atoms. The number of carboxylic acids is 2. The first-order valence-electron chi connectivity index (χ1n) is 7.41. The first-order valence-corrected chi connectivity index (χ1v) is 8.64. The molecular formula is C14H28AlO7P. The van der Waals surface area contributed by atoms with Crippen LogP contribution in [0.1, 0.15) is 66.2 Å². The van der Waals surface area contributed by atoms with Gasteiger partial charge in [0.1, 0.15) is 0 Å². The van der Waals surface area contributed by atoms with Crippen LogP contribution in [0.3, 0.4) is 0 Å². The summed E-state index contributed by atoms with van der Waals surface area (Å²) in [5.41, 5.74) is 0. The maximum absolute atomic E-state index is 10.2. The van der Waals surface area contributed by atoms with Gasteiger partial charge in [-0.1, -0.05) is 61.6 Å². The van der Waals surface area contributed by atoms with E-state index in [1.54, 1.807) is 13.8 Å². The van der Waals surface area contributed by atoms with Crippen LogP contribution in [0.2, 0.25) is 0 Å². The van der Waals surface area contributed by atoms with E-state index in [-0.39, 0.29) is 29.2 Å². The van der Waals surface area contributed by atoms with Gasteiger partial charge in [0.05, 0.1) is 5.92 Å². The molecule has 0 bridgehead atoms. The molecule has 0 rings (SSSR count). The maximum atomic E-state index is 10.2. The van der Waals surface area contributed by atoms with Crippen LogP contribution in [0.15, 0.2) is 0 Å². The molecular weight excluding hydrogens is 338 g/mol. The van der Waals surface area contributed by atoms with E-state index in [4.69, 9.17) is 19.5 Å². The van der Waals surface area contributed by atoms with Crippen LogP contribution in [0.4, 0.5) is 0 Å². The Morgan fingerprint density at radius 3 is 1.52 bits per heavy atom. The minimum atomic E-state index is -3.63. The Morgan fingerprint density at radius 1 is 1.00 bits per heavy atom. The zero-order valence-electron chi connectivity index (χ0n) is 14.4. The second-order valence-electron chi connectivity index (χ2n) is 4.99. The van der Waals surface area contributed by atoms with Gasteiger partial charge in [0.25, 0.3) is 0 Å². The number of unbranched alkanes of at least 4 members (excludes halogenated alkanes) is 2. The zero-order valence-corrected chi connectivity index (χ0v) is 16.5. The van der Waals surface area contributed by atoms with E-state index in [1.165, 1.54) is 0 Å². The van der Waals surface area contributed by atoms with Gasteiger partial charge in [-0.15, -0.1) is 0 Å². The predicted octanol–water partition coefficient (Wildman–Crippen LogP) is 0.176. The Morgan fingerprint density at radius 2 is 1.30 bits per heavy atom. The van der Waals surface area contributed by atoms with Gasteiger partial charge in [0.2, 0.25) is 0 Å². The van der Waals surface area contributed by atoms with Gasteiger partial charge in [0.15, 0.2) is 0 Å². The van der Waals surface area contributed by atoms with Crippen LogP contribution in [0.25, 0.3) is 0 Å². The molecule has 0 radical (unpaired) electrons. The number of hydrogen-bond donors (Lipinski definition) is 1. The van der Waals surface area contributed by atoms with Gasteiger partial charge in [-0.3, -0.25) is 4.79 Å². The number of carboxylic acid groups (broad SMARTS) is 2. The molecule has 0 fully saturated rings. The first kappa shape index (κ1) is 30.5. The molecule has 0 saturated carbocycles. The molecule has 2 unspecified atom stereocenters. The molecule has 2 atom stereocenters. The van der Waals surface area contributed by atoms with Crippen molar-refractivity contribution < 1.29 is 34.2 Å². The van der Waals surface area contributed by atoms with Gasteiger partial charge in [-0.2, -0.15) is 0 Å². The van der Waals surface area contributed by atoms with Crippen LogP contribution < -0.4 is 14.9 Å². The Balaban J connectivity index is -0.000000124. The quantitative estimate of drug-likeness (QED) is 0.477. The topological polar surface area (TPSA) is 141 Å². The molecule has 0 amide bonds. The summed E-state index contributed by atoms with van der Waals surface area (Å²) in [7, 11) is -3.63. The van der Waals surface area contributed by atoms with Crippen molar-refractivity contribution in [1.82, 2.24) is 0 Å². The normalized spacial score (nSPS) is 11.8. The average molecular weight is 366 g/mol. The van der Waals surface area contributed by atoms with E-state index in [1.807, 2.05) is 6.92 Å². The standard InChI is InChI=1S/2C7H14O2.Al.H3O3P/c2*1-3-4-5-6(2)7(8)9;;1-4(2)3/h2*6H,3-5H2,1-2H3,(H,8,9);;4H,(H2,1,2,3)/q;;+3;/p-3. The van der Waals surface area contributed by atoms with Crippen molar-refractivity contribution in [2.45, 2.75) is 66.2 Å². The van der Waals surface area contributed by atoms with Crippen molar-refractivity contribution in [2.75, 3.05) is 0 Å². The van der Waals surface area contributed by atoms with Crippen molar-refractivity contribution in [1.29, 1.82) is 0 Å². The predicted molar refractivity (Wildman–Crippen MR) is 84.8 cm³/mol. The Kier molecular flexibility index (Phi) is 28.7. The molecule has 134 valence electrons. The van der Waals surface area contributed by atoms with Gasteiger partial charge >= 0.3 is 23.3 Å². The molecule has 23 heavy (non-hydrogen) atoms. The summed E-state index contributed by atoms with van der Waals surface area (Å²) in [6.45, 7) is 7.54. The van der Waals surface area contributed by atoms with Crippen LogP contribution in [-0.4, -0.2) is 34.4 Å². The molecule has 0 aromatic carbocycles. The summed E-state index contributed by atoms with van der Waals surface area (Å²) in [4.78, 5) is 37.3. The maximum Gasteiger partial charge on any atom is 3.00 e. The summed E-state index contributed by atoms with van der Waals surface area (Å²) in [5, 5.41) is 18.5. The molecule has 0 aromatic rings. The fraction of sp³-hybridized carbons (Fsp3) is 0.857. The third-order valence-corrected chi connectivity index (χ3v) is 2.81. The van der Waals surface area contributed by atoms with Crippen molar-refractivity contribution in [3.05, 3.63) is 0 Å². The second-order valence-corrected chi connectivity index (χ2v) is 5.49. The second kappa shape index (κ2) is 21.6. The van der Waals surface area contributed by atoms with E-state index >= 15 is 0 Å². The summed E-state index contributed by atoms with van der Waals surface area (Å²) in [6, 6.07) is 0. The Hall–Kier alpha value is -0.378. The van der Waals surface area contributed by atoms with Crippen molar-refractivity contribution in [3.63, 3.8) is 0 Å². The molecule has 0 aromatic heterocycles. The average Bonchev–Trinajstić information content (AvgIpc) is 2.41. The van der Waals surface area contributed by atoms with Gasteiger partial charge < -0.3 is 29.4 Å². The SMILES string of the molecule is CCCCC(C)C(=O)O.CCCCC(C)C(=O)[O-].O=[PH]([O-])[O-].[Al+3]. The fourth-order valence-corrected chi connectivity index (χ4v) is 1.26. The van der Waals surface area contributed by atoms with E-state index in [0.717, 1.165) is 38.5 Å². The van der Waals surface area contributed by atoms with Crippen molar-refractivity contribution in [3.8, 4) is 0 Å². The minimum Gasteiger partial charge on any atom is -0.813 e. The fourth-order valence-electron chi connectivity index (χ4n) is 1.26. The Bertz CT molecular complexity index is 286. The van der Waals surface area contributed by atoms with E-state index in [2.05, 4.69) is 6.92 Å². The molecule has 1 N–H and O–H groups in total. The number of carbonyl (C=O) groups is 2. The number of rotatable bonds is 8. The van der Waals surface area contributed by atoms with Crippen LogP contribution in [0, 0.1) is 11.8 Å². The van der Waals surface area contributed by atoms with E-state index in [9.17, 15) is 14.7 Å². The van der Waals surface area contributed by atoms with Crippen LogP contribution >= 0.6 is 8.25 Å². The molecule has 0 heterocycles. The van der Waals surface area contributed by atoms with Crippen LogP contribution in [0.5, 0.6) is 0 Å². The van der Waals surface area contributed by atoms with Crippen molar-refractivity contribution in [2.24, 2.45) is 11.8 Å². The number of carbonyl (C=O) groups excluding carboxylic acids is 1. The molecule has 9 heteroatoms. The van der Waals surface area contributed by atoms with Gasteiger partial charge in [-0.25, -0.2) is 0 Å². The molecule has 0 aliphatic carbocycles. The summed E-state index contributed by atoms with van der Waals surface area (Å²) in [6.07, 6.45) is 5.70. The van der Waals surface area contributed by atoms with Gasteiger partial charge in [-0.05, 0) is 18.8 Å². The summed E-state index contributed by atoms with van der Waals surface area (Å²) >= 11 is 0. The third-order valence-electron chi connectivity index (χ3n) is 2.81.